The Kier molecular flexibility index (Phi) is 5.96. The number of carbonyl (C=O) groups excluding carboxylic acids is 2. The number of pyridine rings is 1. The number of carbonyl (C=O) groups is 2. The maximum Gasteiger partial charge on any atom is 0.328 e. The van der Waals surface area contributed by atoms with E-state index in [4.69, 9.17) is 11.6 Å². The molecule has 1 amide bonds. The van der Waals surface area contributed by atoms with Crippen LogP contribution < -0.4 is 10.9 Å². The number of nitrogens with zero attached hydrogens (tertiary/aromatic N) is 2. The van der Waals surface area contributed by atoms with Gasteiger partial charge in [0.2, 0.25) is 0 Å². The average molecular weight is 394 g/mol. The molecule has 0 fully saturated rings. The molecule has 0 saturated heterocycles. The molecule has 1 atom stereocenters. The van der Waals surface area contributed by atoms with Gasteiger partial charge in [-0.15, -0.1) is 0 Å². The Labute approximate surface area is 158 Å². The lowest BCUT2D eigenvalue weighted by Crippen LogP contribution is -2.31. The predicted octanol–water partition coefficient (Wildman–Crippen LogP) is 2.70. The van der Waals surface area contributed by atoms with Crippen LogP contribution >= 0.6 is 11.6 Å². The number of amides is 1. The van der Waals surface area contributed by atoms with Crippen LogP contribution in [0.4, 0.5) is 11.4 Å². The number of nitro groups is 1. The summed E-state index contributed by atoms with van der Waals surface area (Å²) < 4.78 is 5.79. The van der Waals surface area contributed by atoms with Crippen molar-refractivity contribution in [3.63, 3.8) is 0 Å². The molecule has 9 nitrogen and oxygen atoms in total. The number of nitro benzene ring substituents is 1. The maximum absolute atomic E-state index is 12.6. The van der Waals surface area contributed by atoms with Crippen LogP contribution in [0.5, 0.6) is 0 Å². The minimum atomic E-state index is -0.883. The molecule has 1 unspecified atom stereocenters. The van der Waals surface area contributed by atoms with E-state index in [1.54, 1.807) is 6.92 Å². The molecule has 0 saturated carbocycles. The number of hydrogen-bond acceptors (Lipinski definition) is 6. The van der Waals surface area contributed by atoms with Crippen LogP contribution in [0.25, 0.3) is 0 Å². The molecule has 1 N–H and O–H groups in total. The molecule has 2 aromatic rings. The summed E-state index contributed by atoms with van der Waals surface area (Å²) >= 11 is 5.81. The summed E-state index contributed by atoms with van der Waals surface area (Å²) in [5.74, 6) is -1.28. The summed E-state index contributed by atoms with van der Waals surface area (Å²) in [4.78, 5) is 46.8. The van der Waals surface area contributed by atoms with E-state index >= 15 is 0 Å². The molecule has 27 heavy (non-hydrogen) atoms. The molecule has 1 heterocycles. The number of ether oxygens (including phenoxy) is 1. The first-order valence-electron chi connectivity index (χ1n) is 7.71. The van der Waals surface area contributed by atoms with Crippen molar-refractivity contribution in [1.29, 1.82) is 0 Å². The first kappa shape index (κ1) is 20.1. The van der Waals surface area contributed by atoms with Crippen LogP contribution in [0, 0.1) is 17.0 Å². The van der Waals surface area contributed by atoms with Crippen molar-refractivity contribution in [2.75, 3.05) is 12.4 Å². The Morgan fingerprint density at radius 3 is 2.56 bits per heavy atom. The van der Waals surface area contributed by atoms with Crippen LogP contribution in [0.15, 0.2) is 35.3 Å². The molecule has 1 aromatic heterocycles. The van der Waals surface area contributed by atoms with Gasteiger partial charge in [0, 0.05) is 17.8 Å². The largest absolute Gasteiger partial charge is 0.467 e. The number of esters is 1. The van der Waals surface area contributed by atoms with Gasteiger partial charge in [0.05, 0.1) is 12.0 Å². The summed E-state index contributed by atoms with van der Waals surface area (Å²) in [6.07, 6.45) is 1.47. The van der Waals surface area contributed by atoms with Crippen LogP contribution in [-0.4, -0.2) is 28.5 Å². The number of aryl methyl sites for hydroxylation is 1. The minimum absolute atomic E-state index is 0.0408. The fraction of sp³-hybridized carbons (Fsp3) is 0.235. The van der Waals surface area contributed by atoms with Gasteiger partial charge in [-0.1, -0.05) is 11.6 Å². The van der Waals surface area contributed by atoms with Gasteiger partial charge in [0.25, 0.3) is 17.2 Å². The zero-order valence-corrected chi connectivity index (χ0v) is 15.4. The average Bonchev–Trinajstić information content (AvgIpc) is 2.62. The highest BCUT2D eigenvalue weighted by Gasteiger charge is 2.20. The number of benzene rings is 1. The zero-order chi connectivity index (χ0) is 20.3. The van der Waals surface area contributed by atoms with Gasteiger partial charge in [-0.2, -0.15) is 0 Å². The number of anilines is 1. The molecular weight excluding hydrogens is 378 g/mol. The normalized spacial score (nSPS) is 11.6. The molecular formula is C17H16ClN3O6. The first-order chi connectivity index (χ1) is 12.6. The van der Waals surface area contributed by atoms with E-state index in [1.807, 2.05) is 0 Å². The van der Waals surface area contributed by atoms with Gasteiger partial charge < -0.3 is 10.1 Å². The van der Waals surface area contributed by atoms with E-state index in [0.717, 1.165) is 16.7 Å². The summed E-state index contributed by atoms with van der Waals surface area (Å²) in [7, 11) is 1.21. The third-order valence-corrected chi connectivity index (χ3v) is 4.10. The smallest absolute Gasteiger partial charge is 0.328 e. The summed E-state index contributed by atoms with van der Waals surface area (Å²) in [5.41, 5.74) is -0.315. The lowest BCUT2D eigenvalue weighted by atomic mass is 10.2. The number of aromatic nitrogens is 1. The van der Waals surface area contributed by atoms with Crippen molar-refractivity contribution >= 4 is 34.9 Å². The SMILES string of the molecule is COC(=O)C(C)n1cc(C)cc(NC(=O)c2ccc([N+](=O)[O-])c(Cl)c2)c1=O. The molecule has 0 radical (unpaired) electrons. The van der Waals surface area contributed by atoms with Crippen LogP contribution in [-0.2, 0) is 9.53 Å². The number of halogens is 1. The van der Waals surface area contributed by atoms with Crippen molar-refractivity contribution in [3.05, 3.63) is 67.1 Å². The molecule has 1 aromatic carbocycles. The molecule has 142 valence electrons. The number of rotatable bonds is 5. The fourth-order valence-electron chi connectivity index (χ4n) is 2.40. The van der Waals surface area contributed by atoms with Gasteiger partial charge in [0.15, 0.2) is 0 Å². The molecule has 0 aliphatic heterocycles. The summed E-state index contributed by atoms with van der Waals surface area (Å²) in [6.45, 7) is 3.19. The minimum Gasteiger partial charge on any atom is -0.467 e. The number of nitrogens with one attached hydrogen (secondary N) is 1. The molecule has 0 bridgehead atoms. The van der Waals surface area contributed by atoms with Crippen molar-refractivity contribution in [2.45, 2.75) is 19.9 Å². The predicted molar refractivity (Wildman–Crippen MR) is 98.2 cm³/mol. The van der Waals surface area contributed by atoms with Crippen molar-refractivity contribution in [1.82, 2.24) is 4.57 Å². The van der Waals surface area contributed by atoms with Gasteiger partial charge in [0.1, 0.15) is 16.8 Å². The van der Waals surface area contributed by atoms with Crippen molar-refractivity contribution in [2.24, 2.45) is 0 Å². The number of methoxy groups -OCH3 is 1. The molecule has 10 heteroatoms. The Bertz CT molecular complexity index is 985. The maximum atomic E-state index is 12.6. The Morgan fingerprint density at radius 2 is 2.00 bits per heavy atom. The lowest BCUT2D eigenvalue weighted by Gasteiger charge is -2.15. The van der Waals surface area contributed by atoms with E-state index in [1.165, 1.54) is 32.4 Å². The van der Waals surface area contributed by atoms with Gasteiger partial charge in [-0.25, -0.2) is 4.79 Å². The molecule has 0 spiro atoms. The zero-order valence-electron chi connectivity index (χ0n) is 14.7. The summed E-state index contributed by atoms with van der Waals surface area (Å²) in [6, 6.07) is 4.04. The molecule has 2 rings (SSSR count). The van der Waals surface area contributed by atoms with Crippen molar-refractivity contribution in [3.8, 4) is 0 Å². The topological polar surface area (TPSA) is 121 Å². The van der Waals surface area contributed by atoms with Crippen molar-refractivity contribution < 1.29 is 19.2 Å². The van der Waals surface area contributed by atoms with Gasteiger partial charge in [-0.05, 0) is 37.6 Å². The van der Waals surface area contributed by atoms with Crippen LogP contribution in [0.2, 0.25) is 5.02 Å². The monoisotopic (exact) mass is 393 g/mol. The van der Waals surface area contributed by atoms with E-state index < -0.39 is 28.4 Å². The second-order valence-corrected chi connectivity index (χ2v) is 6.13. The summed E-state index contributed by atoms with van der Waals surface area (Å²) in [5, 5.41) is 13.0. The third-order valence-electron chi connectivity index (χ3n) is 3.79. The first-order valence-corrected chi connectivity index (χ1v) is 8.09. The van der Waals surface area contributed by atoms with Gasteiger partial charge >= 0.3 is 5.97 Å². The molecule has 0 aliphatic carbocycles. The fourth-order valence-corrected chi connectivity index (χ4v) is 2.65. The van der Waals surface area contributed by atoms with Crippen LogP contribution in [0.3, 0.4) is 0 Å². The Hall–Kier alpha value is -3.20. The van der Waals surface area contributed by atoms with Crippen LogP contribution in [0.1, 0.15) is 28.9 Å². The highest BCUT2D eigenvalue weighted by Crippen LogP contribution is 2.25. The third kappa shape index (κ3) is 4.32. The van der Waals surface area contributed by atoms with E-state index in [9.17, 15) is 24.5 Å². The van der Waals surface area contributed by atoms with Gasteiger partial charge in [-0.3, -0.25) is 24.3 Å². The van der Waals surface area contributed by atoms with E-state index in [-0.39, 0.29) is 22.0 Å². The standard InChI is InChI=1S/C17H16ClN3O6/c1-9-6-13(16(23)20(8-9)10(2)17(24)27-3)19-15(22)11-4-5-14(21(25)26)12(18)7-11/h4-8,10H,1-3H3,(H,19,22). The second kappa shape index (κ2) is 8.00. The number of hydrogen-bond donors (Lipinski definition) is 1. The lowest BCUT2D eigenvalue weighted by molar-refractivity contribution is -0.384. The highest BCUT2D eigenvalue weighted by molar-refractivity contribution is 6.33. The highest BCUT2D eigenvalue weighted by atomic mass is 35.5. The Balaban J connectivity index is 2.37. The Morgan fingerprint density at radius 1 is 1.33 bits per heavy atom. The molecule has 0 aliphatic rings. The quantitative estimate of drug-likeness (QED) is 0.473. The van der Waals surface area contributed by atoms with E-state index in [0.29, 0.717) is 5.56 Å². The second-order valence-electron chi connectivity index (χ2n) is 5.72. The van der Waals surface area contributed by atoms with E-state index in [2.05, 4.69) is 10.1 Å².